The number of carbonyl (C=O) groups excluding carboxylic acids is 2. The fourth-order valence-electron chi connectivity index (χ4n) is 2.15. The van der Waals surface area contributed by atoms with Crippen LogP contribution in [0.25, 0.3) is 0 Å². The Bertz CT molecular complexity index is 889. The standard InChI is InChI=1S/C18H13ClN2O2S/c1-11-16(15(22)12-7-9-14(19)10-8-12)24-18(20-11)21-17(23)13-5-3-2-4-6-13/h2-10H,1H3,(H,20,21,23). The van der Waals surface area contributed by atoms with Gasteiger partial charge in [-0.25, -0.2) is 4.98 Å². The van der Waals surface area contributed by atoms with E-state index in [1.807, 2.05) is 6.07 Å². The summed E-state index contributed by atoms with van der Waals surface area (Å²) in [6, 6.07) is 15.5. The number of benzene rings is 2. The van der Waals surface area contributed by atoms with Gasteiger partial charge < -0.3 is 0 Å². The molecule has 0 fully saturated rings. The molecule has 0 bridgehead atoms. The third-order valence-electron chi connectivity index (χ3n) is 3.37. The number of nitrogens with one attached hydrogen (secondary N) is 1. The van der Waals surface area contributed by atoms with Gasteiger partial charge in [0.25, 0.3) is 5.91 Å². The van der Waals surface area contributed by atoms with Crippen LogP contribution in [0.3, 0.4) is 0 Å². The highest BCUT2D eigenvalue weighted by molar-refractivity contribution is 7.18. The van der Waals surface area contributed by atoms with E-state index in [1.54, 1.807) is 55.5 Å². The minimum atomic E-state index is -0.255. The molecule has 0 spiro atoms. The van der Waals surface area contributed by atoms with E-state index in [0.717, 1.165) is 11.3 Å². The van der Waals surface area contributed by atoms with E-state index in [2.05, 4.69) is 10.3 Å². The lowest BCUT2D eigenvalue weighted by Gasteiger charge is -2.00. The van der Waals surface area contributed by atoms with Gasteiger partial charge in [-0.15, -0.1) is 0 Å². The van der Waals surface area contributed by atoms with Gasteiger partial charge in [0.2, 0.25) is 5.78 Å². The molecule has 0 aliphatic carbocycles. The zero-order valence-electron chi connectivity index (χ0n) is 12.7. The molecule has 3 aromatic rings. The summed E-state index contributed by atoms with van der Waals surface area (Å²) in [4.78, 5) is 29.5. The van der Waals surface area contributed by atoms with Crippen molar-refractivity contribution in [3.05, 3.63) is 81.3 Å². The van der Waals surface area contributed by atoms with Gasteiger partial charge in [-0.2, -0.15) is 0 Å². The largest absolute Gasteiger partial charge is 0.298 e. The predicted molar refractivity (Wildman–Crippen MR) is 96.1 cm³/mol. The van der Waals surface area contributed by atoms with Crippen LogP contribution in [0.5, 0.6) is 0 Å². The molecule has 2 aromatic carbocycles. The minimum Gasteiger partial charge on any atom is -0.298 e. The van der Waals surface area contributed by atoms with Crippen LogP contribution >= 0.6 is 22.9 Å². The van der Waals surface area contributed by atoms with E-state index in [1.165, 1.54) is 0 Å². The Kier molecular flexibility index (Phi) is 4.74. The van der Waals surface area contributed by atoms with Gasteiger partial charge in [0.05, 0.1) is 10.6 Å². The first-order chi connectivity index (χ1) is 11.5. The Labute approximate surface area is 148 Å². The number of hydrogen-bond donors (Lipinski definition) is 1. The second-order valence-corrected chi connectivity index (χ2v) is 6.53. The smallest absolute Gasteiger partial charge is 0.257 e. The normalized spacial score (nSPS) is 10.4. The van der Waals surface area contributed by atoms with Crippen molar-refractivity contribution in [2.45, 2.75) is 6.92 Å². The van der Waals surface area contributed by atoms with Gasteiger partial charge >= 0.3 is 0 Å². The van der Waals surface area contributed by atoms with Crippen molar-refractivity contribution in [1.29, 1.82) is 0 Å². The molecule has 1 amide bonds. The summed E-state index contributed by atoms with van der Waals surface area (Å²) in [6.45, 7) is 1.75. The molecule has 6 heteroatoms. The topological polar surface area (TPSA) is 59.1 Å². The Balaban J connectivity index is 1.81. The molecular weight excluding hydrogens is 344 g/mol. The second kappa shape index (κ2) is 6.95. The SMILES string of the molecule is Cc1nc(NC(=O)c2ccccc2)sc1C(=O)c1ccc(Cl)cc1. The molecule has 4 nitrogen and oxygen atoms in total. The molecule has 0 aliphatic rings. The van der Waals surface area contributed by atoms with Crippen molar-refractivity contribution in [2.24, 2.45) is 0 Å². The zero-order chi connectivity index (χ0) is 17.1. The molecule has 0 unspecified atom stereocenters. The molecule has 0 aliphatic heterocycles. The van der Waals surface area contributed by atoms with Gasteiger partial charge in [0.1, 0.15) is 0 Å². The number of carbonyl (C=O) groups is 2. The maximum atomic E-state index is 12.6. The van der Waals surface area contributed by atoms with Crippen molar-refractivity contribution in [3.8, 4) is 0 Å². The summed E-state index contributed by atoms with van der Waals surface area (Å²) in [5.41, 5.74) is 1.66. The molecule has 0 saturated heterocycles. The maximum absolute atomic E-state index is 12.6. The Hall–Kier alpha value is -2.50. The van der Waals surface area contributed by atoms with E-state index in [-0.39, 0.29) is 11.7 Å². The number of nitrogens with zero attached hydrogens (tertiary/aromatic N) is 1. The predicted octanol–water partition coefficient (Wildman–Crippen LogP) is 4.59. The first-order valence-corrected chi connectivity index (χ1v) is 8.38. The highest BCUT2D eigenvalue weighted by Gasteiger charge is 2.18. The van der Waals surface area contributed by atoms with Crippen molar-refractivity contribution < 1.29 is 9.59 Å². The van der Waals surface area contributed by atoms with Crippen LogP contribution in [0.1, 0.15) is 31.3 Å². The highest BCUT2D eigenvalue weighted by Crippen LogP contribution is 2.26. The summed E-state index contributed by atoms with van der Waals surface area (Å²) in [6.07, 6.45) is 0. The number of rotatable bonds is 4. The molecule has 1 N–H and O–H groups in total. The van der Waals surface area contributed by atoms with Crippen LogP contribution in [0.2, 0.25) is 5.02 Å². The molecule has 24 heavy (non-hydrogen) atoms. The summed E-state index contributed by atoms with van der Waals surface area (Å²) >= 11 is 7.01. The second-order valence-electron chi connectivity index (χ2n) is 5.09. The van der Waals surface area contributed by atoms with Crippen molar-refractivity contribution >= 4 is 39.8 Å². The maximum Gasteiger partial charge on any atom is 0.257 e. The number of hydrogen-bond acceptors (Lipinski definition) is 4. The van der Waals surface area contributed by atoms with E-state index in [4.69, 9.17) is 11.6 Å². The van der Waals surface area contributed by atoms with Crippen LogP contribution in [0, 0.1) is 6.92 Å². The Morgan fingerprint density at radius 2 is 1.67 bits per heavy atom. The first-order valence-electron chi connectivity index (χ1n) is 7.18. The molecule has 0 saturated carbocycles. The fourth-order valence-corrected chi connectivity index (χ4v) is 3.20. The van der Waals surface area contributed by atoms with E-state index in [0.29, 0.717) is 31.9 Å². The first kappa shape index (κ1) is 16.4. The molecule has 1 heterocycles. The number of ketones is 1. The number of anilines is 1. The molecule has 0 atom stereocenters. The zero-order valence-corrected chi connectivity index (χ0v) is 14.3. The van der Waals surface area contributed by atoms with E-state index in [9.17, 15) is 9.59 Å². The summed E-state index contributed by atoms with van der Waals surface area (Å²) in [5.74, 6) is -0.392. The Morgan fingerprint density at radius 3 is 2.33 bits per heavy atom. The lowest BCUT2D eigenvalue weighted by Crippen LogP contribution is -2.11. The average Bonchev–Trinajstić information content (AvgIpc) is 2.96. The van der Waals surface area contributed by atoms with Crippen molar-refractivity contribution in [1.82, 2.24) is 4.98 Å². The van der Waals surface area contributed by atoms with Crippen LogP contribution in [0.15, 0.2) is 54.6 Å². The third kappa shape index (κ3) is 3.53. The molecule has 3 rings (SSSR count). The van der Waals surface area contributed by atoms with E-state index >= 15 is 0 Å². The van der Waals surface area contributed by atoms with E-state index < -0.39 is 0 Å². The number of aryl methyl sites for hydroxylation is 1. The Morgan fingerprint density at radius 1 is 1.00 bits per heavy atom. The van der Waals surface area contributed by atoms with Gasteiger partial charge in [-0.1, -0.05) is 41.1 Å². The van der Waals surface area contributed by atoms with Gasteiger partial charge in [0, 0.05) is 16.1 Å². The quantitative estimate of drug-likeness (QED) is 0.695. The van der Waals surface area contributed by atoms with Gasteiger partial charge in [-0.05, 0) is 43.3 Å². The van der Waals surface area contributed by atoms with Gasteiger partial charge in [-0.3, -0.25) is 14.9 Å². The van der Waals surface area contributed by atoms with Crippen LogP contribution in [0.4, 0.5) is 5.13 Å². The summed E-state index contributed by atoms with van der Waals surface area (Å²) < 4.78 is 0. The van der Waals surface area contributed by atoms with Crippen molar-refractivity contribution in [2.75, 3.05) is 5.32 Å². The molecule has 0 radical (unpaired) electrons. The molecule has 120 valence electrons. The van der Waals surface area contributed by atoms with Gasteiger partial charge in [0.15, 0.2) is 5.13 Å². The van der Waals surface area contributed by atoms with Crippen LogP contribution in [-0.4, -0.2) is 16.7 Å². The highest BCUT2D eigenvalue weighted by atomic mass is 35.5. The number of halogens is 1. The molecule has 1 aromatic heterocycles. The third-order valence-corrected chi connectivity index (χ3v) is 4.69. The number of amides is 1. The van der Waals surface area contributed by atoms with Crippen molar-refractivity contribution in [3.63, 3.8) is 0 Å². The number of aromatic nitrogens is 1. The average molecular weight is 357 g/mol. The molecular formula is C18H13ClN2O2S. The summed E-state index contributed by atoms with van der Waals surface area (Å²) in [5, 5.41) is 3.70. The fraction of sp³-hybridized carbons (Fsp3) is 0.0556. The lowest BCUT2D eigenvalue weighted by atomic mass is 10.1. The van der Waals surface area contributed by atoms with Crippen LogP contribution < -0.4 is 5.32 Å². The number of thiazole rings is 1. The van der Waals surface area contributed by atoms with Crippen LogP contribution in [-0.2, 0) is 0 Å². The minimum absolute atomic E-state index is 0.137. The summed E-state index contributed by atoms with van der Waals surface area (Å²) in [7, 11) is 0. The monoisotopic (exact) mass is 356 g/mol. The lowest BCUT2D eigenvalue weighted by molar-refractivity contribution is 0.102.